The highest BCUT2D eigenvalue weighted by molar-refractivity contribution is 6.30. The number of amides is 1. The van der Waals surface area contributed by atoms with Gasteiger partial charge in [-0.2, -0.15) is 5.10 Å². The molecule has 27 heavy (non-hydrogen) atoms. The summed E-state index contributed by atoms with van der Waals surface area (Å²) in [6.45, 7) is 10.1. The lowest BCUT2D eigenvalue weighted by atomic mass is 9.79. The molecule has 3 rings (SSSR count). The third kappa shape index (κ3) is 4.16. The van der Waals surface area contributed by atoms with E-state index in [1.54, 1.807) is 30.5 Å². The molecule has 0 bridgehead atoms. The van der Waals surface area contributed by atoms with Crippen LogP contribution in [-0.4, -0.2) is 24.2 Å². The van der Waals surface area contributed by atoms with Gasteiger partial charge < -0.3 is 4.90 Å². The SMILES string of the molecule is CCN1c2ccc(/C=N\NC(=O)c3ccc(Cl)cc3)cc2[C@H](C)CC1(C)C. The summed E-state index contributed by atoms with van der Waals surface area (Å²) in [5.74, 6) is 0.225. The molecule has 1 aliphatic rings. The predicted octanol–water partition coefficient (Wildman–Crippen LogP) is 5.22. The van der Waals surface area contributed by atoms with E-state index in [9.17, 15) is 4.79 Å². The van der Waals surface area contributed by atoms with Crippen molar-refractivity contribution < 1.29 is 4.79 Å². The number of halogens is 1. The van der Waals surface area contributed by atoms with Crippen LogP contribution in [0.25, 0.3) is 0 Å². The Balaban J connectivity index is 1.75. The van der Waals surface area contributed by atoms with Gasteiger partial charge in [0.05, 0.1) is 6.21 Å². The fraction of sp³-hybridized carbons (Fsp3) is 0.364. The highest BCUT2D eigenvalue weighted by Crippen LogP contribution is 2.43. The van der Waals surface area contributed by atoms with E-state index >= 15 is 0 Å². The Morgan fingerprint density at radius 1 is 1.30 bits per heavy atom. The minimum absolute atomic E-state index is 0.156. The molecule has 0 fully saturated rings. The standard InChI is InChI=1S/C22H26ClN3O/c1-5-26-20-11-6-16(12-19(20)15(2)13-22(26,3)4)14-24-25-21(27)17-7-9-18(23)10-8-17/h6-12,14-15H,5,13H2,1-4H3,(H,25,27)/b24-14-/t15-/m1/s1. The number of hydrogen-bond donors (Lipinski definition) is 1. The van der Waals surface area contributed by atoms with E-state index in [-0.39, 0.29) is 11.4 Å². The molecule has 0 saturated heterocycles. The lowest BCUT2D eigenvalue weighted by Crippen LogP contribution is -2.48. The van der Waals surface area contributed by atoms with Crippen LogP contribution in [-0.2, 0) is 0 Å². The molecule has 2 aromatic carbocycles. The molecule has 0 aliphatic carbocycles. The number of nitrogens with one attached hydrogen (secondary N) is 1. The molecule has 0 saturated carbocycles. The van der Waals surface area contributed by atoms with Crippen molar-refractivity contribution in [3.05, 3.63) is 64.2 Å². The van der Waals surface area contributed by atoms with E-state index < -0.39 is 0 Å². The molecule has 0 radical (unpaired) electrons. The Kier molecular flexibility index (Phi) is 5.56. The van der Waals surface area contributed by atoms with Gasteiger partial charge in [0.15, 0.2) is 0 Å². The number of carbonyl (C=O) groups excluding carboxylic acids is 1. The van der Waals surface area contributed by atoms with E-state index in [1.807, 2.05) is 6.07 Å². The number of rotatable bonds is 4. The zero-order valence-corrected chi connectivity index (χ0v) is 17.0. The summed E-state index contributed by atoms with van der Waals surface area (Å²) < 4.78 is 0. The fourth-order valence-corrected chi connectivity index (χ4v) is 4.14. The molecule has 0 unspecified atom stereocenters. The minimum Gasteiger partial charge on any atom is -0.366 e. The van der Waals surface area contributed by atoms with Crippen LogP contribution >= 0.6 is 11.6 Å². The number of nitrogens with zero attached hydrogens (tertiary/aromatic N) is 2. The van der Waals surface area contributed by atoms with Crippen LogP contribution in [0.2, 0.25) is 5.02 Å². The van der Waals surface area contributed by atoms with Crippen molar-refractivity contribution in [1.82, 2.24) is 5.43 Å². The average Bonchev–Trinajstić information content (AvgIpc) is 2.62. The number of anilines is 1. The first-order chi connectivity index (χ1) is 12.8. The maximum Gasteiger partial charge on any atom is 0.271 e. The first-order valence-corrected chi connectivity index (χ1v) is 9.70. The van der Waals surface area contributed by atoms with E-state index in [0.717, 1.165) is 18.5 Å². The van der Waals surface area contributed by atoms with Crippen LogP contribution in [0.4, 0.5) is 5.69 Å². The van der Waals surface area contributed by atoms with Gasteiger partial charge in [0.25, 0.3) is 5.91 Å². The van der Waals surface area contributed by atoms with Gasteiger partial charge in [0.2, 0.25) is 0 Å². The molecular weight excluding hydrogens is 358 g/mol. The van der Waals surface area contributed by atoms with Crippen LogP contribution in [0.5, 0.6) is 0 Å². The Morgan fingerprint density at radius 2 is 2.00 bits per heavy atom. The van der Waals surface area contributed by atoms with Gasteiger partial charge in [0.1, 0.15) is 0 Å². The van der Waals surface area contributed by atoms with E-state index in [0.29, 0.717) is 16.5 Å². The Labute approximate surface area is 166 Å². The van der Waals surface area contributed by atoms with Crippen molar-refractivity contribution >= 4 is 29.4 Å². The molecule has 1 amide bonds. The number of hydrazone groups is 1. The molecule has 1 N–H and O–H groups in total. The van der Waals surface area contributed by atoms with E-state index in [1.165, 1.54) is 11.3 Å². The molecule has 5 heteroatoms. The summed E-state index contributed by atoms with van der Waals surface area (Å²) in [5, 5.41) is 4.71. The van der Waals surface area contributed by atoms with Crippen LogP contribution in [0.3, 0.4) is 0 Å². The summed E-state index contributed by atoms with van der Waals surface area (Å²) >= 11 is 5.84. The largest absolute Gasteiger partial charge is 0.366 e. The minimum atomic E-state index is -0.256. The molecule has 142 valence electrons. The van der Waals surface area contributed by atoms with Crippen molar-refractivity contribution in [2.75, 3.05) is 11.4 Å². The van der Waals surface area contributed by atoms with Crippen molar-refractivity contribution in [3.63, 3.8) is 0 Å². The van der Waals surface area contributed by atoms with Gasteiger partial charge in [-0.25, -0.2) is 5.43 Å². The molecule has 1 heterocycles. The predicted molar refractivity (Wildman–Crippen MR) is 113 cm³/mol. The van der Waals surface area contributed by atoms with E-state index in [4.69, 9.17) is 11.6 Å². The quantitative estimate of drug-likeness (QED) is 0.581. The summed E-state index contributed by atoms with van der Waals surface area (Å²) in [5.41, 5.74) is 6.86. The van der Waals surface area contributed by atoms with Crippen LogP contribution in [0, 0.1) is 0 Å². The molecule has 0 spiro atoms. The maximum absolute atomic E-state index is 12.1. The lowest BCUT2D eigenvalue weighted by Gasteiger charge is -2.47. The van der Waals surface area contributed by atoms with Crippen molar-refractivity contribution in [3.8, 4) is 0 Å². The van der Waals surface area contributed by atoms with Gasteiger partial charge in [0, 0.05) is 28.4 Å². The second-order valence-corrected chi connectivity index (χ2v) is 8.12. The maximum atomic E-state index is 12.1. The Bertz CT molecular complexity index is 858. The second kappa shape index (κ2) is 7.73. The zero-order valence-electron chi connectivity index (χ0n) is 16.3. The van der Waals surface area contributed by atoms with Gasteiger partial charge in [-0.1, -0.05) is 24.6 Å². The normalized spacial score (nSPS) is 18.4. The number of benzene rings is 2. The van der Waals surface area contributed by atoms with E-state index in [2.05, 4.69) is 55.3 Å². The lowest BCUT2D eigenvalue weighted by molar-refractivity contribution is 0.0955. The van der Waals surface area contributed by atoms with Crippen molar-refractivity contribution in [2.45, 2.75) is 45.6 Å². The average molecular weight is 384 g/mol. The summed E-state index contributed by atoms with van der Waals surface area (Å²) in [6.07, 6.45) is 2.80. The zero-order chi connectivity index (χ0) is 19.6. The van der Waals surface area contributed by atoms with Gasteiger partial charge >= 0.3 is 0 Å². The van der Waals surface area contributed by atoms with Crippen molar-refractivity contribution in [2.24, 2.45) is 5.10 Å². The van der Waals surface area contributed by atoms with Gasteiger partial charge in [-0.15, -0.1) is 0 Å². The fourth-order valence-electron chi connectivity index (χ4n) is 4.02. The first-order valence-electron chi connectivity index (χ1n) is 9.32. The number of hydrogen-bond acceptors (Lipinski definition) is 3. The monoisotopic (exact) mass is 383 g/mol. The molecule has 1 aliphatic heterocycles. The summed E-state index contributed by atoms with van der Waals surface area (Å²) in [7, 11) is 0. The van der Waals surface area contributed by atoms with Crippen LogP contribution in [0.15, 0.2) is 47.6 Å². The summed E-state index contributed by atoms with van der Waals surface area (Å²) in [4.78, 5) is 14.6. The first kappa shape index (κ1) is 19.4. The molecule has 1 atom stereocenters. The van der Waals surface area contributed by atoms with Crippen molar-refractivity contribution in [1.29, 1.82) is 0 Å². The Morgan fingerprint density at radius 3 is 2.67 bits per heavy atom. The molecule has 2 aromatic rings. The number of carbonyl (C=O) groups is 1. The smallest absolute Gasteiger partial charge is 0.271 e. The van der Waals surface area contributed by atoms with Crippen LogP contribution < -0.4 is 10.3 Å². The third-order valence-corrected chi connectivity index (χ3v) is 5.46. The molecular formula is C22H26ClN3O. The van der Waals surface area contributed by atoms with Crippen LogP contribution in [0.1, 0.15) is 61.5 Å². The highest BCUT2D eigenvalue weighted by Gasteiger charge is 2.35. The van der Waals surface area contributed by atoms with Gasteiger partial charge in [-0.3, -0.25) is 4.79 Å². The number of fused-ring (bicyclic) bond motifs is 1. The molecule has 0 aromatic heterocycles. The topological polar surface area (TPSA) is 44.7 Å². The summed E-state index contributed by atoms with van der Waals surface area (Å²) in [6, 6.07) is 13.1. The highest BCUT2D eigenvalue weighted by atomic mass is 35.5. The van der Waals surface area contributed by atoms with Gasteiger partial charge in [-0.05, 0) is 80.6 Å². The Hall–Kier alpha value is -2.33. The second-order valence-electron chi connectivity index (χ2n) is 7.69. The third-order valence-electron chi connectivity index (χ3n) is 5.21. The molecule has 4 nitrogen and oxygen atoms in total.